The van der Waals surface area contributed by atoms with Crippen LogP contribution in [0.15, 0.2) is 24.3 Å². The second-order valence-electron chi connectivity index (χ2n) is 4.50. The normalized spacial score (nSPS) is 13.8. The first-order chi connectivity index (χ1) is 8.93. The summed E-state index contributed by atoms with van der Waals surface area (Å²) in [6.07, 6.45) is -3.30. The van der Waals surface area contributed by atoms with Crippen molar-refractivity contribution in [2.24, 2.45) is 5.73 Å². The van der Waals surface area contributed by atoms with Crippen LogP contribution in [0.2, 0.25) is 0 Å². The first-order valence-corrected chi connectivity index (χ1v) is 6.55. The van der Waals surface area contributed by atoms with Crippen molar-refractivity contribution in [3.8, 4) is 0 Å². The van der Waals surface area contributed by atoms with Crippen LogP contribution in [-0.2, 0) is 6.18 Å². The molecule has 0 heterocycles. The van der Waals surface area contributed by atoms with Crippen LogP contribution in [0.3, 0.4) is 0 Å². The number of hydrogen-bond acceptors (Lipinski definition) is 2. The van der Waals surface area contributed by atoms with E-state index < -0.39 is 11.7 Å². The van der Waals surface area contributed by atoms with Gasteiger partial charge in [-0.1, -0.05) is 26.0 Å². The summed E-state index contributed by atoms with van der Waals surface area (Å²) in [5.74, 6) is 0. The molecule has 0 aliphatic heterocycles. The Bertz CT molecular complexity index is 373. The van der Waals surface area contributed by atoms with Gasteiger partial charge in [-0.2, -0.15) is 13.2 Å². The second kappa shape index (κ2) is 6.91. The number of nitrogens with zero attached hydrogens (tertiary/aromatic N) is 1. The number of benzene rings is 1. The Hall–Kier alpha value is -1.07. The smallest absolute Gasteiger partial charge is 0.329 e. The molecule has 1 unspecified atom stereocenters. The molecule has 0 fully saturated rings. The number of rotatable bonds is 6. The van der Waals surface area contributed by atoms with Crippen molar-refractivity contribution < 1.29 is 13.2 Å². The van der Waals surface area contributed by atoms with E-state index in [1.54, 1.807) is 0 Å². The van der Waals surface area contributed by atoms with Crippen LogP contribution in [0.1, 0.15) is 37.4 Å². The van der Waals surface area contributed by atoms with Gasteiger partial charge in [-0.05, 0) is 37.2 Å². The lowest BCUT2D eigenvalue weighted by Gasteiger charge is -2.30. The van der Waals surface area contributed by atoms with Gasteiger partial charge in [-0.3, -0.25) is 4.90 Å². The minimum Gasteiger partial charge on any atom is -0.329 e. The highest BCUT2D eigenvalue weighted by molar-refractivity contribution is 5.27. The minimum atomic E-state index is -4.29. The second-order valence-corrected chi connectivity index (χ2v) is 4.50. The largest absolute Gasteiger partial charge is 0.416 e. The van der Waals surface area contributed by atoms with Gasteiger partial charge in [-0.15, -0.1) is 0 Å². The Kier molecular flexibility index (Phi) is 5.82. The van der Waals surface area contributed by atoms with Gasteiger partial charge in [-0.25, -0.2) is 0 Å². The van der Waals surface area contributed by atoms with Crippen LogP contribution in [-0.4, -0.2) is 24.5 Å². The monoisotopic (exact) mass is 274 g/mol. The van der Waals surface area contributed by atoms with Crippen LogP contribution >= 0.6 is 0 Å². The number of nitrogens with two attached hydrogens (primary N) is 1. The minimum absolute atomic E-state index is 0.0211. The highest BCUT2D eigenvalue weighted by Gasteiger charge is 2.30. The molecular weight excluding hydrogens is 253 g/mol. The summed E-state index contributed by atoms with van der Waals surface area (Å²) in [6.45, 7) is 6.22. The van der Waals surface area contributed by atoms with Crippen molar-refractivity contribution in [1.82, 2.24) is 4.90 Å². The van der Waals surface area contributed by atoms with Gasteiger partial charge >= 0.3 is 6.18 Å². The third-order valence-electron chi connectivity index (χ3n) is 3.20. The lowest BCUT2D eigenvalue weighted by atomic mass is 10.0. The fraction of sp³-hybridized carbons (Fsp3) is 0.571. The average Bonchev–Trinajstić information content (AvgIpc) is 2.38. The van der Waals surface area contributed by atoms with E-state index in [-0.39, 0.29) is 6.04 Å². The molecule has 0 saturated carbocycles. The topological polar surface area (TPSA) is 29.3 Å². The van der Waals surface area contributed by atoms with Crippen molar-refractivity contribution >= 4 is 0 Å². The molecule has 0 aliphatic carbocycles. The molecule has 5 heteroatoms. The zero-order valence-corrected chi connectivity index (χ0v) is 11.4. The number of halogens is 3. The quantitative estimate of drug-likeness (QED) is 0.861. The standard InChI is InChI=1S/C14H21F3N2/c1-3-9-19(4-2)13(10-18)11-5-7-12(8-6-11)14(15,16)17/h5-8,13H,3-4,9-10,18H2,1-2H3. The number of alkyl halides is 3. The van der Waals surface area contributed by atoms with Gasteiger partial charge in [0.05, 0.1) is 5.56 Å². The summed E-state index contributed by atoms with van der Waals surface area (Å²) in [4.78, 5) is 2.18. The zero-order chi connectivity index (χ0) is 14.5. The molecule has 108 valence electrons. The molecule has 0 spiro atoms. The Morgan fingerprint density at radius 3 is 2.11 bits per heavy atom. The molecular formula is C14H21F3N2. The summed E-state index contributed by atoms with van der Waals surface area (Å²) in [6, 6.07) is 5.28. The SMILES string of the molecule is CCCN(CC)C(CN)c1ccc(C(F)(F)F)cc1. The maximum Gasteiger partial charge on any atom is 0.416 e. The van der Waals surface area contributed by atoms with Crippen LogP contribution < -0.4 is 5.73 Å². The van der Waals surface area contributed by atoms with Gasteiger partial charge < -0.3 is 5.73 Å². The van der Waals surface area contributed by atoms with Crippen molar-refractivity contribution in [3.05, 3.63) is 35.4 Å². The Morgan fingerprint density at radius 2 is 1.74 bits per heavy atom. The molecule has 19 heavy (non-hydrogen) atoms. The van der Waals surface area contributed by atoms with E-state index in [9.17, 15) is 13.2 Å². The highest BCUT2D eigenvalue weighted by Crippen LogP contribution is 2.30. The lowest BCUT2D eigenvalue weighted by Crippen LogP contribution is -2.34. The molecule has 1 aromatic rings. The van der Waals surface area contributed by atoms with Gasteiger partial charge in [0.15, 0.2) is 0 Å². The maximum atomic E-state index is 12.5. The number of likely N-dealkylation sites (N-methyl/N-ethyl adjacent to an activating group) is 1. The Balaban J connectivity index is 2.93. The molecule has 0 aromatic heterocycles. The van der Waals surface area contributed by atoms with E-state index in [1.165, 1.54) is 12.1 Å². The van der Waals surface area contributed by atoms with E-state index in [4.69, 9.17) is 5.73 Å². The third-order valence-corrected chi connectivity index (χ3v) is 3.20. The molecule has 0 bridgehead atoms. The van der Waals surface area contributed by atoms with Crippen molar-refractivity contribution in [2.75, 3.05) is 19.6 Å². The van der Waals surface area contributed by atoms with E-state index >= 15 is 0 Å². The number of hydrogen-bond donors (Lipinski definition) is 1. The van der Waals surface area contributed by atoms with Crippen molar-refractivity contribution in [2.45, 2.75) is 32.5 Å². The summed E-state index contributed by atoms with van der Waals surface area (Å²) < 4.78 is 37.5. The summed E-state index contributed by atoms with van der Waals surface area (Å²) in [7, 11) is 0. The van der Waals surface area contributed by atoms with E-state index in [0.29, 0.717) is 6.54 Å². The van der Waals surface area contributed by atoms with E-state index in [0.717, 1.165) is 37.2 Å². The molecule has 1 rings (SSSR count). The molecule has 1 atom stereocenters. The lowest BCUT2D eigenvalue weighted by molar-refractivity contribution is -0.137. The predicted octanol–water partition coefficient (Wildman–Crippen LogP) is 3.44. The third kappa shape index (κ3) is 4.21. The van der Waals surface area contributed by atoms with Crippen LogP contribution in [0, 0.1) is 0 Å². The summed E-state index contributed by atoms with van der Waals surface area (Å²) in [5, 5.41) is 0. The molecule has 0 amide bonds. The van der Waals surface area contributed by atoms with Gasteiger partial charge in [0.1, 0.15) is 0 Å². The zero-order valence-electron chi connectivity index (χ0n) is 11.4. The summed E-state index contributed by atoms with van der Waals surface area (Å²) >= 11 is 0. The first-order valence-electron chi connectivity index (χ1n) is 6.55. The summed E-state index contributed by atoms with van der Waals surface area (Å²) in [5.41, 5.74) is 5.99. The fourth-order valence-corrected chi connectivity index (χ4v) is 2.21. The Morgan fingerprint density at radius 1 is 1.16 bits per heavy atom. The van der Waals surface area contributed by atoms with Gasteiger partial charge in [0, 0.05) is 12.6 Å². The van der Waals surface area contributed by atoms with Gasteiger partial charge in [0.25, 0.3) is 0 Å². The van der Waals surface area contributed by atoms with Gasteiger partial charge in [0.2, 0.25) is 0 Å². The molecule has 2 nitrogen and oxygen atoms in total. The Labute approximate surface area is 112 Å². The fourth-order valence-electron chi connectivity index (χ4n) is 2.21. The van der Waals surface area contributed by atoms with Crippen LogP contribution in [0.25, 0.3) is 0 Å². The molecule has 1 aromatic carbocycles. The molecule has 2 N–H and O–H groups in total. The van der Waals surface area contributed by atoms with Crippen LogP contribution in [0.5, 0.6) is 0 Å². The van der Waals surface area contributed by atoms with Crippen molar-refractivity contribution in [1.29, 1.82) is 0 Å². The first kappa shape index (κ1) is 16.0. The predicted molar refractivity (Wildman–Crippen MR) is 70.8 cm³/mol. The molecule has 0 radical (unpaired) electrons. The maximum absolute atomic E-state index is 12.5. The van der Waals surface area contributed by atoms with Crippen molar-refractivity contribution in [3.63, 3.8) is 0 Å². The van der Waals surface area contributed by atoms with E-state index in [1.807, 2.05) is 6.92 Å². The average molecular weight is 274 g/mol. The molecule has 0 saturated heterocycles. The van der Waals surface area contributed by atoms with Crippen LogP contribution in [0.4, 0.5) is 13.2 Å². The van der Waals surface area contributed by atoms with E-state index in [2.05, 4.69) is 11.8 Å². The highest BCUT2D eigenvalue weighted by atomic mass is 19.4. The molecule has 0 aliphatic rings.